The van der Waals surface area contributed by atoms with E-state index in [2.05, 4.69) is 103 Å². The van der Waals surface area contributed by atoms with Crippen molar-refractivity contribution in [1.82, 2.24) is 0 Å². The highest BCUT2D eigenvalue weighted by molar-refractivity contribution is 7.99. The van der Waals surface area contributed by atoms with E-state index in [1.807, 2.05) is 17.8 Å². The largest absolute Gasteiger partial charge is 0.494 e. The molecule has 4 aromatic rings. The summed E-state index contributed by atoms with van der Waals surface area (Å²) in [6.07, 6.45) is 6.83. The molecule has 0 unspecified atom stereocenters. The number of unbranched alkanes of at least 4 members (excludes halogenated alkanes) is 2. The predicted molar refractivity (Wildman–Crippen MR) is 154 cm³/mol. The molecule has 0 saturated heterocycles. The van der Waals surface area contributed by atoms with Crippen molar-refractivity contribution >= 4 is 22.9 Å². The van der Waals surface area contributed by atoms with Crippen LogP contribution in [0.1, 0.15) is 54.4 Å². The summed E-state index contributed by atoms with van der Waals surface area (Å²) in [7, 11) is 0. The molecular formula is C34H33OS. The SMILES string of the molecule is [c]1ccc2c(c1)CCCC(c1ccccc1)=C2c1ccc(OCCCCCSc2ccccc2)cc1. The number of ether oxygens (including phenoxy) is 1. The van der Waals surface area contributed by atoms with Crippen molar-refractivity contribution < 1.29 is 4.74 Å². The quantitative estimate of drug-likeness (QED) is 0.162. The Bertz CT molecular complexity index is 1260. The van der Waals surface area contributed by atoms with Crippen molar-refractivity contribution in [2.45, 2.75) is 43.4 Å². The average Bonchev–Trinajstić information content (AvgIpc) is 3.14. The Hall–Kier alpha value is -3.23. The summed E-state index contributed by atoms with van der Waals surface area (Å²) in [5, 5.41) is 0. The van der Waals surface area contributed by atoms with Gasteiger partial charge in [0.1, 0.15) is 5.75 Å². The van der Waals surface area contributed by atoms with Crippen molar-refractivity contribution in [2.75, 3.05) is 12.4 Å². The van der Waals surface area contributed by atoms with Crippen LogP contribution in [0.5, 0.6) is 5.75 Å². The van der Waals surface area contributed by atoms with Gasteiger partial charge in [-0.3, -0.25) is 0 Å². The number of aryl methyl sites for hydroxylation is 1. The smallest absolute Gasteiger partial charge is 0.119 e. The number of benzene rings is 4. The van der Waals surface area contributed by atoms with Gasteiger partial charge in [-0.05, 0) is 108 Å². The fourth-order valence-electron chi connectivity index (χ4n) is 4.91. The van der Waals surface area contributed by atoms with Crippen LogP contribution in [-0.2, 0) is 6.42 Å². The Morgan fingerprint density at radius 2 is 1.50 bits per heavy atom. The fourth-order valence-corrected chi connectivity index (χ4v) is 5.85. The summed E-state index contributed by atoms with van der Waals surface area (Å²) in [5.41, 5.74) is 8.09. The molecule has 0 atom stereocenters. The van der Waals surface area contributed by atoms with Crippen LogP contribution < -0.4 is 4.74 Å². The molecule has 36 heavy (non-hydrogen) atoms. The first-order valence-corrected chi connectivity index (χ1v) is 14.1. The number of hydrogen-bond donors (Lipinski definition) is 0. The van der Waals surface area contributed by atoms with Gasteiger partial charge < -0.3 is 4.74 Å². The molecule has 0 aromatic heterocycles. The third-order valence-electron chi connectivity index (χ3n) is 6.73. The van der Waals surface area contributed by atoms with Gasteiger partial charge in [-0.1, -0.05) is 78.9 Å². The molecule has 0 N–H and O–H groups in total. The molecule has 2 heteroatoms. The summed E-state index contributed by atoms with van der Waals surface area (Å²) in [6, 6.07) is 40.0. The Labute approximate surface area is 220 Å². The maximum absolute atomic E-state index is 6.09. The summed E-state index contributed by atoms with van der Waals surface area (Å²) in [6.45, 7) is 0.770. The molecular weight excluding hydrogens is 456 g/mol. The normalized spacial score (nSPS) is 13.2. The fraction of sp³-hybridized carbons (Fsp3) is 0.235. The first-order valence-electron chi connectivity index (χ1n) is 13.1. The van der Waals surface area contributed by atoms with E-state index in [4.69, 9.17) is 4.74 Å². The van der Waals surface area contributed by atoms with E-state index in [1.165, 1.54) is 51.1 Å². The molecule has 0 saturated carbocycles. The third kappa shape index (κ3) is 6.30. The molecule has 1 aliphatic rings. The molecule has 181 valence electrons. The van der Waals surface area contributed by atoms with E-state index >= 15 is 0 Å². The van der Waals surface area contributed by atoms with Gasteiger partial charge in [0.25, 0.3) is 0 Å². The lowest BCUT2D eigenvalue weighted by Gasteiger charge is -2.17. The molecule has 5 rings (SSSR count). The molecule has 1 aliphatic carbocycles. The second kappa shape index (κ2) is 12.6. The highest BCUT2D eigenvalue weighted by Crippen LogP contribution is 2.40. The molecule has 0 bridgehead atoms. The molecule has 0 spiro atoms. The highest BCUT2D eigenvalue weighted by Gasteiger charge is 2.19. The number of rotatable bonds is 10. The highest BCUT2D eigenvalue weighted by atomic mass is 32.2. The third-order valence-corrected chi connectivity index (χ3v) is 7.83. The summed E-state index contributed by atoms with van der Waals surface area (Å²) in [5.74, 6) is 2.12. The lowest BCUT2D eigenvalue weighted by Crippen LogP contribution is -1.99. The van der Waals surface area contributed by atoms with Crippen LogP contribution >= 0.6 is 11.8 Å². The van der Waals surface area contributed by atoms with Crippen molar-refractivity contribution in [3.8, 4) is 5.75 Å². The van der Waals surface area contributed by atoms with Crippen LogP contribution in [-0.4, -0.2) is 12.4 Å². The van der Waals surface area contributed by atoms with Gasteiger partial charge in [-0.2, -0.15) is 0 Å². The van der Waals surface area contributed by atoms with Crippen LogP contribution in [0.4, 0.5) is 0 Å². The topological polar surface area (TPSA) is 9.23 Å². The first-order chi connectivity index (χ1) is 17.9. The second-order valence-corrected chi connectivity index (χ2v) is 10.4. The van der Waals surface area contributed by atoms with E-state index < -0.39 is 0 Å². The van der Waals surface area contributed by atoms with Crippen LogP contribution in [0.2, 0.25) is 0 Å². The minimum atomic E-state index is 0.770. The van der Waals surface area contributed by atoms with Gasteiger partial charge >= 0.3 is 0 Å². The molecule has 1 radical (unpaired) electrons. The number of allylic oxidation sites excluding steroid dienone is 1. The Morgan fingerprint density at radius 1 is 0.722 bits per heavy atom. The lowest BCUT2D eigenvalue weighted by molar-refractivity contribution is 0.306. The van der Waals surface area contributed by atoms with Crippen LogP contribution in [0.25, 0.3) is 11.1 Å². The van der Waals surface area contributed by atoms with E-state index in [1.54, 1.807) is 0 Å². The van der Waals surface area contributed by atoms with Gasteiger partial charge in [0, 0.05) is 4.90 Å². The number of fused-ring (bicyclic) bond motifs is 1. The summed E-state index contributed by atoms with van der Waals surface area (Å²) >= 11 is 1.94. The minimum Gasteiger partial charge on any atom is -0.494 e. The minimum absolute atomic E-state index is 0.770. The van der Waals surface area contributed by atoms with Crippen molar-refractivity contribution in [1.29, 1.82) is 0 Å². The maximum Gasteiger partial charge on any atom is 0.119 e. The molecule has 0 amide bonds. The zero-order valence-electron chi connectivity index (χ0n) is 20.8. The number of hydrogen-bond acceptors (Lipinski definition) is 2. The Kier molecular flexibility index (Phi) is 8.59. The van der Waals surface area contributed by atoms with E-state index in [0.717, 1.165) is 43.8 Å². The zero-order valence-corrected chi connectivity index (χ0v) is 21.6. The predicted octanol–water partition coefficient (Wildman–Crippen LogP) is 9.12. The first kappa shape index (κ1) is 24.5. The number of thioether (sulfide) groups is 1. The standard InChI is InChI=1S/C34H33OS/c1-4-13-27(14-5-1)33-20-12-16-28-15-8-9-19-32(28)34(33)29-21-23-30(24-22-29)35-25-10-3-11-26-36-31-17-6-2-7-18-31/h1-2,4-7,9,13-15,17-19,21-24H,3,10-12,16,20,25-26H2. The molecule has 0 aliphatic heterocycles. The van der Waals surface area contributed by atoms with E-state index in [9.17, 15) is 0 Å². The van der Waals surface area contributed by atoms with Crippen molar-refractivity contribution in [3.05, 3.63) is 131 Å². The molecule has 0 heterocycles. The van der Waals surface area contributed by atoms with Crippen molar-refractivity contribution in [3.63, 3.8) is 0 Å². The van der Waals surface area contributed by atoms with Gasteiger partial charge in [-0.25, -0.2) is 0 Å². The van der Waals surface area contributed by atoms with Crippen LogP contribution in [0.15, 0.2) is 108 Å². The molecule has 0 fully saturated rings. The van der Waals surface area contributed by atoms with Crippen molar-refractivity contribution in [2.24, 2.45) is 0 Å². The summed E-state index contributed by atoms with van der Waals surface area (Å²) in [4.78, 5) is 1.36. The summed E-state index contributed by atoms with van der Waals surface area (Å²) < 4.78 is 6.09. The molecule has 4 aromatic carbocycles. The van der Waals surface area contributed by atoms with Gasteiger partial charge in [0.15, 0.2) is 0 Å². The lowest BCUT2D eigenvalue weighted by atomic mass is 9.88. The van der Waals surface area contributed by atoms with E-state index in [0.29, 0.717) is 0 Å². The van der Waals surface area contributed by atoms with Crippen LogP contribution in [0.3, 0.4) is 0 Å². The van der Waals surface area contributed by atoms with E-state index in [-0.39, 0.29) is 0 Å². The monoisotopic (exact) mass is 489 g/mol. The Balaban J connectivity index is 1.23. The maximum atomic E-state index is 6.09. The average molecular weight is 490 g/mol. The van der Waals surface area contributed by atoms with Gasteiger partial charge in [0.2, 0.25) is 0 Å². The van der Waals surface area contributed by atoms with Gasteiger partial charge in [0.05, 0.1) is 6.61 Å². The molecule has 1 nitrogen and oxygen atoms in total. The van der Waals surface area contributed by atoms with Crippen LogP contribution in [0, 0.1) is 6.07 Å². The second-order valence-electron chi connectivity index (χ2n) is 9.25. The Morgan fingerprint density at radius 3 is 2.31 bits per heavy atom. The zero-order chi connectivity index (χ0) is 24.4. The van der Waals surface area contributed by atoms with Gasteiger partial charge in [-0.15, -0.1) is 11.8 Å².